The van der Waals surface area contributed by atoms with Crippen LogP contribution in [0.5, 0.6) is 0 Å². The average Bonchev–Trinajstić information content (AvgIpc) is 2.69. The van der Waals surface area contributed by atoms with Crippen molar-refractivity contribution in [2.45, 2.75) is 12.7 Å². The third-order valence-electron chi connectivity index (χ3n) is 4.43. The van der Waals surface area contributed by atoms with E-state index in [9.17, 15) is 18.0 Å². The Kier molecular flexibility index (Phi) is 11.4. The van der Waals surface area contributed by atoms with Gasteiger partial charge in [0.15, 0.2) is 5.96 Å². The van der Waals surface area contributed by atoms with Crippen LogP contribution >= 0.6 is 24.0 Å². The maximum atomic E-state index is 12.7. The number of amides is 1. The number of benzene rings is 1. The number of hydrogen-bond donors (Lipinski definition) is 2. The summed E-state index contributed by atoms with van der Waals surface area (Å²) < 4.78 is 43.3. The van der Waals surface area contributed by atoms with E-state index in [1.165, 1.54) is 17.0 Å². The lowest BCUT2D eigenvalue weighted by molar-refractivity contribution is -0.137. The average molecular weight is 543 g/mol. The van der Waals surface area contributed by atoms with Gasteiger partial charge in [0, 0.05) is 40.3 Å². The molecule has 0 atom stereocenters. The number of halogens is 4. The summed E-state index contributed by atoms with van der Waals surface area (Å²) in [5, 5.41) is 6.14. The zero-order valence-electron chi connectivity index (χ0n) is 17.2. The molecule has 0 aliphatic carbocycles. The lowest BCUT2D eigenvalue weighted by atomic mass is 10.1. The summed E-state index contributed by atoms with van der Waals surface area (Å²) in [5.74, 6) is 0.329. The standard InChI is InChI=1S/C19H28F3N5O2.HI/c1-26(2)17(28)14-25-18(23-7-8-27-9-11-29-12-10-27)24-13-15-3-5-16(6-4-15)19(20,21)22;/h3-6H,7-14H2,1-2H3,(H2,23,24,25);1H. The van der Waals surface area contributed by atoms with E-state index in [-0.39, 0.29) is 43.0 Å². The van der Waals surface area contributed by atoms with Gasteiger partial charge < -0.3 is 20.3 Å². The third kappa shape index (κ3) is 9.47. The predicted octanol–water partition coefficient (Wildman–Crippen LogP) is 1.78. The van der Waals surface area contributed by atoms with Gasteiger partial charge in [-0.25, -0.2) is 4.99 Å². The van der Waals surface area contributed by atoms with Gasteiger partial charge in [-0.05, 0) is 17.7 Å². The fourth-order valence-corrected chi connectivity index (χ4v) is 2.62. The summed E-state index contributed by atoms with van der Waals surface area (Å²) in [6, 6.07) is 4.89. The Hall–Kier alpha value is -1.60. The van der Waals surface area contributed by atoms with E-state index in [4.69, 9.17) is 4.74 Å². The van der Waals surface area contributed by atoms with E-state index >= 15 is 0 Å². The van der Waals surface area contributed by atoms with E-state index in [1.807, 2.05) is 0 Å². The molecule has 7 nitrogen and oxygen atoms in total. The molecule has 0 radical (unpaired) electrons. The number of ether oxygens (including phenoxy) is 1. The SMILES string of the molecule is CN(C)C(=O)CNC(=NCc1ccc(C(F)(F)F)cc1)NCCN1CCOCC1.I. The van der Waals surface area contributed by atoms with E-state index < -0.39 is 11.7 Å². The maximum Gasteiger partial charge on any atom is 0.416 e. The van der Waals surface area contributed by atoms with Crippen molar-refractivity contribution in [1.82, 2.24) is 20.4 Å². The van der Waals surface area contributed by atoms with Gasteiger partial charge in [-0.1, -0.05) is 12.1 Å². The highest BCUT2D eigenvalue weighted by Gasteiger charge is 2.29. The van der Waals surface area contributed by atoms with Crippen LogP contribution in [0.15, 0.2) is 29.3 Å². The molecule has 30 heavy (non-hydrogen) atoms. The van der Waals surface area contributed by atoms with Crippen molar-refractivity contribution in [2.24, 2.45) is 4.99 Å². The Bertz CT molecular complexity index is 678. The Labute approximate surface area is 192 Å². The second kappa shape index (κ2) is 13.0. The molecule has 2 N–H and O–H groups in total. The third-order valence-corrected chi connectivity index (χ3v) is 4.43. The number of likely N-dealkylation sites (N-methyl/N-ethyl adjacent to an activating group) is 1. The number of nitrogens with one attached hydrogen (secondary N) is 2. The van der Waals surface area contributed by atoms with Crippen molar-refractivity contribution in [3.8, 4) is 0 Å². The predicted molar refractivity (Wildman–Crippen MR) is 120 cm³/mol. The molecular weight excluding hydrogens is 514 g/mol. The van der Waals surface area contributed by atoms with Gasteiger partial charge in [-0.15, -0.1) is 24.0 Å². The molecular formula is C19H29F3IN5O2. The van der Waals surface area contributed by atoms with Gasteiger partial charge in [0.05, 0.1) is 31.9 Å². The molecule has 1 fully saturated rings. The molecule has 1 heterocycles. The van der Waals surface area contributed by atoms with Gasteiger partial charge in [-0.2, -0.15) is 13.2 Å². The number of guanidine groups is 1. The van der Waals surface area contributed by atoms with Crippen LogP contribution in [-0.2, 0) is 22.3 Å². The van der Waals surface area contributed by atoms with E-state index in [0.717, 1.165) is 31.8 Å². The van der Waals surface area contributed by atoms with Crippen molar-refractivity contribution in [3.63, 3.8) is 0 Å². The molecule has 1 amide bonds. The largest absolute Gasteiger partial charge is 0.416 e. The molecule has 1 aromatic rings. The van der Waals surface area contributed by atoms with Crippen LogP contribution in [-0.4, -0.2) is 81.7 Å². The van der Waals surface area contributed by atoms with Crippen LogP contribution in [0.25, 0.3) is 0 Å². The molecule has 11 heteroatoms. The number of nitrogens with zero attached hydrogens (tertiary/aromatic N) is 3. The Balaban J connectivity index is 0.00000450. The second-order valence-corrected chi connectivity index (χ2v) is 6.88. The Morgan fingerprint density at radius 2 is 1.80 bits per heavy atom. The number of carbonyl (C=O) groups excluding carboxylic acids is 1. The first-order chi connectivity index (χ1) is 13.8. The van der Waals surface area contributed by atoms with Gasteiger partial charge >= 0.3 is 6.18 Å². The second-order valence-electron chi connectivity index (χ2n) is 6.88. The lowest BCUT2D eigenvalue weighted by Gasteiger charge is -2.26. The van der Waals surface area contributed by atoms with E-state index in [2.05, 4.69) is 20.5 Å². The molecule has 1 aliphatic heterocycles. The zero-order valence-corrected chi connectivity index (χ0v) is 19.5. The smallest absolute Gasteiger partial charge is 0.379 e. The van der Waals surface area contributed by atoms with Gasteiger partial charge in [0.2, 0.25) is 5.91 Å². The van der Waals surface area contributed by atoms with Crippen LogP contribution in [0, 0.1) is 0 Å². The number of hydrogen-bond acceptors (Lipinski definition) is 4. The number of rotatable bonds is 7. The van der Waals surface area contributed by atoms with Crippen molar-refractivity contribution in [3.05, 3.63) is 35.4 Å². The quantitative estimate of drug-likeness (QED) is 0.312. The molecule has 1 aromatic carbocycles. The summed E-state index contributed by atoms with van der Waals surface area (Å²) in [6.07, 6.45) is -4.36. The fraction of sp³-hybridized carbons (Fsp3) is 0.579. The normalized spacial score (nSPS) is 15.3. The van der Waals surface area contributed by atoms with E-state index in [0.29, 0.717) is 31.3 Å². The fourth-order valence-electron chi connectivity index (χ4n) is 2.62. The summed E-state index contributed by atoms with van der Waals surface area (Å²) in [5.41, 5.74) is -0.0463. The maximum absolute atomic E-state index is 12.7. The molecule has 1 saturated heterocycles. The summed E-state index contributed by atoms with van der Waals surface area (Å²) in [6.45, 7) is 4.85. The van der Waals surface area contributed by atoms with Crippen LogP contribution in [0.4, 0.5) is 13.2 Å². The Morgan fingerprint density at radius 3 is 2.37 bits per heavy atom. The van der Waals surface area contributed by atoms with Crippen molar-refractivity contribution in [1.29, 1.82) is 0 Å². The van der Waals surface area contributed by atoms with Crippen molar-refractivity contribution in [2.75, 3.05) is 60.0 Å². The Morgan fingerprint density at radius 1 is 1.17 bits per heavy atom. The van der Waals surface area contributed by atoms with Crippen molar-refractivity contribution < 1.29 is 22.7 Å². The molecule has 0 aromatic heterocycles. The van der Waals surface area contributed by atoms with Gasteiger partial charge in [0.25, 0.3) is 0 Å². The monoisotopic (exact) mass is 543 g/mol. The highest BCUT2D eigenvalue weighted by molar-refractivity contribution is 14.0. The molecule has 0 spiro atoms. The molecule has 0 saturated carbocycles. The lowest BCUT2D eigenvalue weighted by Crippen LogP contribution is -2.46. The molecule has 170 valence electrons. The first-order valence-electron chi connectivity index (χ1n) is 9.44. The van der Waals surface area contributed by atoms with E-state index in [1.54, 1.807) is 14.1 Å². The number of alkyl halides is 3. The molecule has 1 aliphatic rings. The summed E-state index contributed by atoms with van der Waals surface area (Å²) in [4.78, 5) is 20.0. The van der Waals surface area contributed by atoms with Crippen LogP contribution in [0.3, 0.4) is 0 Å². The number of carbonyl (C=O) groups is 1. The first kappa shape index (κ1) is 26.4. The van der Waals surface area contributed by atoms with Crippen LogP contribution in [0.1, 0.15) is 11.1 Å². The molecule has 0 bridgehead atoms. The first-order valence-corrected chi connectivity index (χ1v) is 9.44. The van der Waals surface area contributed by atoms with Gasteiger partial charge in [0.1, 0.15) is 0 Å². The molecule has 0 unspecified atom stereocenters. The number of morpholine rings is 1. The van der Waals surface area contributed by atoms with Crippen LogP contribution in [0.2, 0.25) is 0 Å². The molecule has 2 rings (SSSR count). The number of aliphatic imine (C=N–C) groups is 1. The summed E-state index contributed by atoms with van der Waals surface area (Å²) >= 11 is 0. The minimum Gasteiger partial charge on any atom is -0.379 e. The summed E-state index contributed by atoms with van der Waals surface area (Å²) in [7, 11) is 3.32. The van der Waals surface area contributed by atoms with Crippen LogP contribution < -0.4 is 10.6 Å². The topological polar surface area (TPSA) is 69.2 Å². The van der Waals surface area contributed by atoms with Gasteiger partial charge in [-0.3, -0.25) is 9.69 Å². The highest BCUT2D eigenvalue weighted by Crippen LogP contribution is 2.29. The highest BCUT2D eigenvalue weighted by atomic mass is 127. The zero-order chi connectivity index (χ0) is 21.3. The minimum atomic E-state index is -4.36. The van der Waals surface area contributed by atoms with Crippen molar-refractivity contribution >= 4 is 35.8 Å². The minimum absolute atomic E-state index is 0.